The number of fused-ring (bicyclic) bond motifs is 9. The second-order valence-electron chi connectivity index (χ2n) is 14.8. The van der Waals surface area contributed by atoms with Gasteiger partial charge in [0, 0.05) is 32.8 Å². The van der Waals surface area contributed by atoms with Gasteiger partial charge in [-0.05, 0) is 89.5 Å². The molecule has 272 valence electrons. The summed E-state index contributed by atoms with van der Waals surface area (Å²) in [6, 6.07) is 73.0. The summed E-state index contributed by atoms with van der Waals surface area (Å²) >= 11 is 0. The number of aromatic nitrogens is 1. The van der Waals surface area contributed by atoms with Gasteiger partial charge in [0.25, 0.3) is 0 Å². The second kappa shape index (κ2) is 12.9. The maximum atomic E-state index is 7.08. The van der Waals surface area contributed by atoms with Crippen molar-refractivity contribution < 1.29 is 8.83 Å². The Balaban J connectivity index is 1.23. The van der Waals surface area contributed by atoms with Crippen LogP contribution in [-0.2, 0) is 0 Å². The Morgan fingerprint density at radius 1 is 0.345 bits per heavy atom. The number of anilines is 3. The van der Waals surface area contributed by atoms with Crippen molar-refractivity contribution in [2.24, 2.45) is 0 Å². The number of hydrogen-bond donors (Lipinski definition) is 0. The van der Waals surface area contributed by atoms with E-state index < -0.39 is 0 Å². The van der Waals surface area contributed by atoms with Gasteiger partial charge in [0.05, 0.1) is 38.9 Å². The second-order valence-corrected chi connectivity index (χ2v) is 14.8. The smallest absolute Gasteiger partial charge is 0.145 e. The van der Waals surface area contributed by atoms with Gasteiger partial charge in [0.1, 0.15) is 22.3 Å². The molecule has 0 aliphatic carbocycles. The lowest BCUT2D eigenvalue weighted by Crippen LogP contribution is -2.11. The molecule has 0 aliphatic rings. The van der Waals surface area contributed by atoms with Crippen LogP contribution in [0.15, 0.2) is 215 Å². The maximum Gasteiger partial charge on any atom is 0.145 e. The lowest BCUT2D eigenvalue weighted by atomic mass is 9.98. The summed E-state index contributed by atoms with van der Waals surface area (Å²) < 4.78 is 16.0. The molecule has 0 bridgehead atoms. The van der Waals surface area contributed by atoms with E-state index in [4.69, 9.17) is 8.83 Å². The van der Waals surface area contributed by atoms with Crippen molar-refractivity contribution >= 4 is 82.7 Å². The molecule has 0 atom stereocenters. The molecule has 0 N–H and O–H groups in total. The van der Waals surface area contributed by atoms with E-state index in [1.165, 1.54) is 5.39 Å². The fraction of sp³-hybridized carbons (Fsp3) is 0. The first kappa shape index (κ1) is 32.4. The van der Waals surface area contributed by atoms with E-state index in [9.17, 15) is 0 Å². The van der Waals surface area contributed by atoms with Crippen molar-refractivity contribution in [2.45, 2.75) is 0 Å². The summed E-state index contributed by atoms with van der Waals surface area (Å²) in [5, 5.41) is 6.55. The minimum absolute atomic E-state index is 0.837. The van der Waals surface area contributed by atoms with Crippen molar-refractivity contribution in [1.82, 2.24) is 4.57 Å². The molecule has 12 rings (SSSR count). The van der Waals surface area contributed by atoms with Crippen LogP contribution in [-0.4, -0.2) is 4.57 Å². The van der Waals surface area contributed by atoms with Crippen molar-refractivity contribution in [1.29, 1.82) is 0 Å². The fourth-order valence-electron chi connectivity index (χ4n) is 9.08. The molecule has 12 aromatic rings. The van der Waals surface area contributed by atoms with Crippen LogP contribution in [0.4, 0.5) is 17.1 Å². The van der Waals surface area contributed by atoms with E-state index in [1.54, 1.807) is 0 Å². The number of rotatable bonds is 6. The molecule has 0 saturated heterocycles. The molecule has 0 fully saturated rings. The van der Waals surface area contributed by atoms with Gasteiger partial charge < -0.3 is 18.3 Å². The molecule has 3 aromatic heterocycles. The Labute approximate surface area is 334 Å². The first-order valence-electron chi connectivity index (χ1n) is 19.7. The largest absolute Gasteiger partial charge is 0.456 e. The molecule has 9 aromatic carbocycles. The zero-order valence-corrected chi connectivity index (χ0v) is 31.3. The van der Waals surface area contributed by atoms with Crippen LogP contribution < -0.4 is 4.90 Å². The van der Waals surface area contributed by atoms with Gasteiger partial charge in [-0.1, -0.05) is 133 Å². The van der Waals surface area contributed by atoms with Crippen LogP contribution in [0.1, 0.15) is 0 Å². The summed E-state index contributed by atoms with van der Waals surface area (Å²) in [6.07, 6.45) is 0. The highest BCUT2D eigenvalue weighted by atomic mass is 16.3. The van der Waals surface area contributed by atoms with Crippen molar-refractivity contribution in [2.75, 3.05) is 4.90 Å². The highest BCUT2D eigenvalue weighted by molar-refractivity contribution is 6.23. The molecule has 3 heterocycles. The van der Waals surface area contributed by atoms with E-state index in [1.807, 2.05) is 6.07 Å². The number of furan rings is 2. The summed E-state index contributed by atoms with van der Waals surface area (Å²) in [5.41, 5.74) is 14.3. The molecule has 4 nitrogen and oxygen atoms in total. The number of nitrogens with zero attached hydrogens (tertiary/aromatic N) is 2. The summed E-state index contributed by atoms with van der Waals surface area (Å²) in [6.45, 7) is 0. The van der Waals surface area contributed by atoms with Crippen LogP contribution >= 0.6 is 0 Å². The zero-order chi connectivity index (χ0) is 38.2. The quantitative estimate of drug-likeness (QED) is 0.170. The molecule has 0 aliphatic heterocycles. The summed E-state index contributed by atoms with van der Waals surface area (Å²) in [7, 11) is 0. The normalized spacial score (nSPS) is 11.8. The van der Waals surface area contributed by atoms with Crippen molar-refractivity contribution in [3.05, 3.63) is 206 Å². The van der Waals surface area contributed by atoms with Crippen LogP contribution in [0.5, 0.6) is 0 Å². The average Bonchev–Trinajstić information content (AvgIpc) is 3.98. The Kier molecular flexibility index (Phi) is 7.20. The predicted octanol–water partition coefficient (Wildman–Crippen LogP) is 15.4. The molecule has 4 heteroatoms. The van der Waals surface area contributed by atoms with E-state index in [0.29, 0.717) is 0 Å². The maximum absolute atomic E-state index is 7.08. The minimum Gasteiger partial charge on any atom is -0.456 e. The lowest BCUT2D eigenvalue weighted by molar-refractivity contribution is 0.669. The third kappa shape index (κ3) is 4.88. The van der Waals surface area contributed by atoms with Gasteiger partial charge in [0.2, 0.25) is 0 Å². The van der Waals surface area contributed by atoms with Crippen LogP contribution in [0.25, 0.3) is 93.6 Å². The first-order chi connectivity index (χ1) is 28.8. The molecular formula is C54H34N2O2. The van der Waals surface area contributed by atoms with E-state index in [0.717, 1.165) is 105 Å². The zero-order valence-electron chi connectivity index (χ0n) is 31.3. The Hall–Kier alpha value is -7.82. The number of hydrogen-bond acceptors (Lipinski definition) is 3. The molecule has 0 radical (unpaired) electrons. The SMILES string of the molecule is c1ccc(-c2ccc3c(c2)oc2c(-c4ccccc4)ccc(N(c4cccc5oc6ccccc6c45)c4cccc5c4c4ccccc4n5-c4ccccc4)c23)cc1. The van der Waals surface area contributed by atoms with E-state index >= 15 is 0 Å². The van der Waals surface area contributed by atoms with Crippen molar-refractivity contribution in [3.63, 3.8) is 0 Å². The van der Waals surface area contributed by atoms with Crippen LogP contribution in [0.3, 0.4) is 0 Å². The van der Waals surface area contributed by atoms with Crippen LogP contribution in [0.2, 0.25) is 0 Å². The third-order valence-corrected chi connectivity index (χ3v) is 11.6. The molecule has 0 unspecified atom stereocenters. The molecule has 0 saturated carbocycles. The van der Waals surface area contributed by atoms with E-state index in [2.05, 4.69) is 210 Å². The summed E-state index contributed by atoms with van der Waals surface area (Å²) in [4.78, 5) is 2.45. The monoisotopic (exact) mass is 742 g/mol. The topological polar surface area (TPSA) is 34.5 Å². The Bertz CT molecular complexity index is 3500. The molecule has 0 amide bonds. The standard InChI is InChI=1S/C54H34N2O2/c1-4-16-35(17-5-1)37-30-31-42-50(34-37)58-54-39(36-18-6-2-7-19-36)32-33-47(53(42)54)56(46-27-15-29-49-52(46)41-23-11-13-28-48(41)57-49)45-26-14-25-44-51(45)40-22-10-12-24-43(40)55(44)38-20-8-3-9-21-38/h1-34H. The average molecular weight is 743 g/mol. The van der Waals surface area contributed by atoms with Gasteiger partial charge in [-0.2, -0.15) is 0 Å². The summed E-state index contributed by atoms with van der Waals surface area (Å²) in [5.74, 6) is 0. The predicted molar refractivity (Wildman–Crippen MR) is 241 cm³/mol. The molecular weight excluding hydrogens is 709 g/mol. The lowest BCUT2D eigenvalue weighted by Gasteiger charge is -2.28. The molecule has 0 spiro atoms. The minimum atomic E-state index is 0.837. The number of benzene rings is 9. The Morgan fingerprint density at radius 3 is 1.76 bits per heavy atom. The fourth-order valence-corrected chi connectivity index (χ4v) is 9.08. The number of para-hydroxylation sites is 3. The van der Waals surface area contributed by atoms with Gasteiger partial charge in [-0.25, -0.2) is 0 Å². The van der Waals surface area contributed by atoms with Gasteiger partial charge in [-0.3, -0.25) is 0 Å². The highest BCUT2D eigenvalue weighted by Gasteiger charge is 2.27. The van der Waals surface area contributed by atoms with Gasteiger partial charge in [0.15, 0.2) is 0 Å². The van der Waals surface area contributed by atoms with Gasteiger partial charge in [-0.15, -0.1) is 0 Å². The molecule has 58 heavy (non-hydrogen) atoms. The van der Waals surface area contributed by atoms with Gasteiger partial charge >= 0.3 is 0 Å². The third-order valence-electron chi connectivity index (χ3n) is 11.6. The highest BCUT2D eigenvalue weighted by Crippen LogP contribution is 2.51. The van der Waals surface area contributed by atoms with Crippen LogP contribution in [0, 0.1) is 0 Å². The Morgan fingerprint density at radius 2 is 0.948 bits per heavy atom. The van der Waals surface area contributed by atoms with E-state index in [-0.39, 0.29) is 0 Å². The first-order valence-corrected chi connectivity index (χ1v) is 19.7. The van der Waals surface area contributed by atoms with Crippen molar-refractivity contribution in [3.8, 4) is 27.9 Å².